The summed E-state index contributed by atoms with van der Waals surface area (Å²) in [4.78, 5) is 22.1. The molecule has 2 aromatic rings. The van der Waals surface area contributed by atoms with Crippen LogP contribution in [0.5, 0.6) is 0 Å². The van der Waals surface area contributed by atoms with Gasteiger partial charge in [-0.25, -0.2) is 9.97 Å². The second-order valence-electron chi connectivity index (χ2n) is 5.44. The molecule has 3 rings (SSSR count). The molecule has 0 saturated carbocycles. The van der Waals surface area contributed by atoms with Crippen molar-refractivity contribution >= 4 is 22.6 Å². The number of nitrogens with zero attached hydrogens (tertiary/aromatic N) is 3. The standard InChI is InChI=1S/C15H18N4O/c1-10-3-2-4-12-14(10)17-9-18-15(12)19-6-5-11(8-19)7-13(16)20/h2-4,9,11H,5-8H2,1H3,(H2,16,20). The zero-order valence-corrected chi connectivity index (χ0v) is 11.5. The van der Waals surface area contributed by atoms with E-state index < -0.39 is 0 Å². The lowest BCUT2D eigenvalue weighted by Gasteiger charge is -2.19. The Morgan fingerprint density at radius 3 is 3.10 bits per heavy atom. The number of nitrogens with two attached hydrogens (primary N) is 1. The molecular formula is C15H18N4O. The normalized spacial score (nSPS) is 18.6. The Morgan fingerprint density at radius 2 is 2.30 bits per heavy atom. The maximum Gasteiger partial charge on any atom is 0.217 e. The van der Waals surface area contributed by atoms with Crippen molar-refractivity contribution in [2.24, 2.45) is 11.7 Å². The first kappa shape index (κ1) is 12.8. The van der Waals surface area contributed by atoms with Crippen LogP contribution in [0.25, 0.3) is 10.9 Å². The average molecular weight is 270 g/mol. The molecule has 1 saturated heterocycles. The number of primary amides is 1. The predicted octanol–water partition coefficient (Wildman–Crippen LogP) is 1.64. The molecule has 1 aromatic heterocycles. The molecule has 1 aliphatic heterocycles. The number of carbonyl (C=O) groups excluding carboxylic acids is 1. The van der Waals surface area contributed by atoms with Gasteiger partial charge in [0.15, 0.2) is 0 Å². The first-order chi connectivity index (χ1) is 9.65. The smallest absolute Gasteiger partial charge is 0.217 e. The second kappa shape index (κ2) is 5.07. The van der Waals surface area contributed by atoms with E-state index in [1.807, 2.05) is 6.07 Å². The van der Waals surface area contributed by atoms with Gasteiger partial charge in [0.05, 0.1) is 5.52 Å². The van der Waals surface area contributed by atoms with Crippen LogP contribution in [0.1, 0.15) is 18.4 Å². The lowest BCUT2D eigenvalue weighted by molar-refractivity contribution is -0.118. The van der Waals surface area contributed by atoms with Crippen LogP contribution in [0.3, 0.4) is 0 Å². The number of aryl methyl sites for hydroxylation is 1. The Morgan fingerprint density at radius 1 is 1.45 bits per heavy atom. The van der Waals surface area contributed by atoms with Crippen LogP contribution < -0.4 is 10.6 Å². The highest BCUT2D eigenvalue weighted by molar-refractivity contribution is 5.91. The second-order valence-corrected chi connectivity index (χ2v) is 5.44. The van der Waals surface area contributed by atoms with Gasteiger partial charge in [-0.2, -0.15) is 0 Å². The van der Waals surface area contributed by atoms with Crippen LogP contribution in [0, 0.1) is 12.8 Å². The maximum atomic E-state index is 11.0. The summed E-state index contributed by atoms with van der Waals surface area (Å²) >= 11 is 0. The third kappa shape index (κ3) is 2.31. The molecular weight excluding hydrogens is 252 g/mol. The largest absolute Gasteiger partial charge is 0.370 e. The fourth-order valence-electron chi connectivity index (χ4n) is 2.95. The van der Waals surface area contributed by atoms with Crippen molar-refractivity contribution in [3.63, 3.8) is 0 Å². The molecule has 5 nitrogen and oxygen atoms in total. The van der Waals surface area contributed by atoms with Crippen LogP contribution in [0.2, 0.25) is 0 Å². The number of hydrogen-bond donors (Lipinski definition) is 1. The first-order valence-corrected chi connectivity index (χ1v) is 6.88. The number of amides is 1. The quantitative estimate of drug-likeness (QED) is 0.920. The molecule has 104 valence electrons. The highest BCUT2D eigenvalue weighted by Crippen LogP contribution is 2.29. The van der Waals surface area contributed by atoms with E-state index in [-0.39, 0.29) is 5.91 Å². The number of hydrogen-bond acceptors (Lipinski definition) is 4. The number of benzene rings is 1. The van der Waals surface area contributed by atoms with Crippen LogP contribution in [-0.4, -0.2) is 29.0 Å². The van der Waals surface area contributed by atoms with Crippen molar-refractivity contribution in [2.75, 3.05) is 18.0 Å². The number of rotatable bonds is 3. The fourth-order valence-corrected chi connectivity index (χ4v) is 2.95. The minimum Gasteiger partial charge on any atom is -0.370 e. The van der Waals surface area contributed by atoms with Crippen LogP contribution in [0.4, 0.5) is 5.82 Å². The van der Waals surface area contributed by atoms with Gasteiger partial charge >= 0.3 is 0 Å². The van der Waals surface area contributed by atoms with Gasteiger partial charge in [-0.3, -0.25) is 4.79 Å². The van der Waals surface area contributed by atoms with Crippen molar-refractivity contribution in [1.82, 2.24) is 9.97 Å². The van der Waals surface area contributed by atoms with E-state index >= 15 is 0 Å². The Bertz CT molecular complexity index is 655. The average Bonchev–Trinajstić information content (AvgIpc) is 2.86. The van der Waals surface area contributed by atoms with Gasteiger partial charge in [-0.05, 0) is 30.9 Å². The number of aromatic nitrogens is 2. The number of para-hydroxylation sites is 1. The topological polar surface area (TPSA) is 72.1 Å². The molecule has 0 bridgehead atoms. The minimum absolute atomic E-state index is 0.222. The van der Waals surface area contributed by atoms with Gasteiger partial charge in [-0.1, -0.05) is 12.1 Å². The molecule has 1 amide bonds. The summed E-state index contributed by atoms with van der Waals surface area (Å²) < 4.78 is 0. The molecule has 2 N–H and O–H groups in total. The van der Waals surface area contributed by atoms with Crippen LogP contribution >= 0.6 is 0 Å². The summed E-state index contributed by atoms with van der Waals surface area (Å²) in [5.74, 6) is 1.08. The van der Waals surface area contributed by atoms with Crippen LogP contribution in [0.15, 0.2) is 24.5 Å². The van der Waals surface area contributed by atoms with E-state index in [0.29, 0.717) is 12.3 Å². The lowest BCUT2D eigenvalue weighted by atomic mass is 10.1. The molecule has 0 aliphatic carbocycles. The molecule has 0 radical (unpaired) electrons. The van der Waals surface area contributed by atoms with Crippen LogP contribution in [-0.2, 0) is 4.79 Å². The Labute approximate surface area is 117 Å². The number of anilines is 1. The molecule has 5 heteroatoms. The third-order valence-corrected chi connectivity index (χ3v) is 3.92. The van der Waals surface area contributed by atoms with E-state index in [1.165, 1.54) is 0 Å². The summed E-state index contributed by atoms with van der Waals surface area (Å²) in [5.41, 5.74) is 7.43. The maximum absolute atomic E-state index is 11.0. The third-order valence-electron chi connectivity index (χ3n) is 3.92. The number of fused-ring (bicyclic) bond motifs is 1. The molecule has 20 heavy (non-hydrogen) atoms. The molecule has 2 heterocycles. The van der Waals surface area contributed by atoms with Crippen molar-refractivity contribution in [3.8, 4) is 0 Å². The lowest BCUT2D eigenvalue weighted by Crippen LogP contribution is -2.23. The molecule has 1 unspecified atom stereocenters. The summed E-state index contributed by atoms with van der Waals surface area (Å²) in [7, 11) is 0. The van der Waals surface area contributed by atoms with Crippen molar-refractivity contribution in [3.05, 3.63) is 30.1 Å². The van der Waals surface area contributed by atoms with Gasteiger partial charge in [-0.15, -0.1) is 0 Å². The van der Waals surface area contributed by atoms with E-state index in [4.69, 9.17) is 5.73 Å². The molecule has 1 aliphatic rings. The highest BCUT2D eigenvalue weighted by atomic mass is 16.1. The zero-order chi connectivity index (χ0) is 14.1. The van der Waals surface area contributed by atoms with Crippen molar-refractivity contribution in [2.45, 2.75) is 19.8 Å². The summed E-state index contributed by atoms with van der Waals surface area (Å²) in [6.07, 6.45) is 3.06. The van der Waals surface area contributed by atoms with E-state index in [0.717, 1.165) is 41.8 Å². The first-order valence-electron chi connectivity index (χ1n) is 6.88. The minimum atomic E-state index is -0.222. The fraction of sp³-hybridized carbons (Fsp3) is 0.400. The van der Waals surface area contributed by atoms with Gasteiger partial charge in [0.1, 0.15) is 12.1 Å². The molecule has 1 aromatic carbocycles. The van der Waals surface area contributed by atoms with E-state index in [1.54, 1.807) is 6.33 Å². The Hall–Kier alpha value is -2.17. The van der Waals surface area contributed by atoms with Crippen molar-refractivity contribution < 1.29 is 4.79 Å². The molecule has 0 spiro atoms. The summed E-state index contributed by atoms with van der Waals surface area (Å²) in [6.45, 7) is 3.81. The van der Waals surface area contributed by atoms with Gasteiger partial charge in [0.2, 0.25) is 5.91 Å². The van der Waals surface area contributed by atoms with Gasteiger partial charge in [0.25, 0.3) is 0 Å². The Balaban J connectivity index is 1.92. The summed E-state index contributed by atoms with van der Waals surface area (Å²) in [6, 6.07) is 6.14. The zero-order valence-electron chi connectivity index (χ0n) is 11.5. The number of carbonyl (C=O) groups is 1. The van der Waals surface area contributed by atoms with E-state index in [2.05, 4.69) is 33.9 Å². The predicted molar refractivity (Wildman–Crippen MR) is 78.4 cm³/mol. The van der Waals surface area contributed by atoms with Gasteiger partial charge in [0, 0.05) is 24.9 Å². The summed E-state index contributed by atoms with van der Waals surface area (Å²) in [5, 5.41) is 1.08. The highest BCUT2D eigenvalue weighted by Gasteiger charge is 2.26. The van der Waals surface area contributed by atoms with E-state index in [9.17, 15) is 4.79 Å². The SMILES string of the molecule is Cc1cccc2c(N3CCC(CC(N)=O)C3)ncnc12. The van der Waals surface area contributed by atoms with Gasteiger partial charge < -0.3 is 10.6 Å². The molecule has 1 fully saturated rings. The van der Waals surface area contributed by atoms with Crippen molar-refractivity contribution in [1.29, 1.82) is 0 Å². The molecule has 1 atom stereocenters. The Kier molecular flexibility index (Phi) is 3.26. The monoisotopic (exact) mass is 270 g/mol.